The van der Waals surface area contributed by atoms with E-state index >= 15 is 0 Å². The van der Waals surface area contributed by atoms with Gasteiger partial charge in [0.2, 0.25) is 0 Å². The monoisotopic (exact) mass is 259 g/mol. The molecule has 100 valence electrons. The number of aromatic nitrogens is 2. The molecule has 0 amide bonds. The summed E-state index contributed by atoms with van der Waals surface area (Å²) in [6.07, 6.45) is 3.20. The summed E-state index contributed by atoms with van der Waals surface area (Å²) in [6.45, 7) is 5.83. The number of benzene rings is 1. The molecule has 0 aliphatic rings. The van der Waals surface area contributed by atoms with Crippen LogP contribution in [0.3, 0.4) is 0 Å². The lowest BCUT2D eigenvalue weighted by Crippen LogP contribution is -2.34. The van der Waals surface area contributed by atoms with Crippen LogP contribution in [-0.4, -0.2) is 9.55 Å². The average Bonchev–Trinajstić information content (AvgIpc) is 2.30. The van der Waals surface area contributed by atoms with Gasteiger partial charge in [-0.15, -0.1) is 0 Å². The van der Waals surface area contributed by atoms with Crippen molar-refractivity contribution < 1.29 is 4.74 Å². The van der Waals surface area contributed by atoms with E-state index < -0.39 is 0 Å². The Morgan fingerprint density at radius 1 is 1.32 bits per heavy atom. The van der Waals surface area contributed by atoms with Crippen molar-refractivity contribution in [3.05, 3.63) is 47.0 Å². The lowest BCUT2D eigenvalue weighted by atomic mass is 10.1. The van der Waals surface area contributed by atoms with Crippen LogP contribution in [0, 0.1) is 0 Å². The van der Waals surface area contributed by atoms with Gasteiger partial charge in [0.25, 0.3) is 5.88 Å². The molecule has 19 heavy (non-hydrogen) atoms. The van der Waals surface area contributed by atoms with Gasteiger partial charge in [-0.2, -0.15) is 0 Å². The van der Waals surface area contributed by atoms with Gasteiger partial charge in [0.05, 0.1) is 0 Å². The Balaban J connectivity index is 2.40. The lowest BCUT2D eigenvalue weighted by molar-refractivity contribution is 0.363. The zero-order chi connectivity index (χ0) is 14.0. The van der Waals surface area contributed by atoms with Gasteiger partial charge in [-0.25, -0.2) is 4.98 Å². The molecule has 5 heteroatoms. The molecule has 0 aliphatic carbocycles. The molecule has 1 heterocycles. The molecule has 2 aromatic rings. The van der Waals surface area contributed by atoms with Crippen LogP contribution in [0.5, 0.6) is 11.6 Å². The third kappa shape index (κ3) is 2.93. The molecular formula is C14H17N3O2. The minimum atomic E-state index is -0.326. The van der Waals surface area contributed by atoms with Gasteiger partial charge in [-0.1, -0.05) is 6.07 Å². The molecule has 0 unspecified atom stereocenters. The van der Waals surface area contributed by atoms with E-state index in [9.17, 15) is 4.79 Å². The second-order valence-electron chi connectivity index (χ2n) is 5.25. The third-order valence-electron chi connectivity index (χ3n) is 2.60. The number of nitrogen functional groups attached to an aromatic ring is 1. The van der Waals surface area contributed by atoms with Gasteiger partial charge in [0, 0.05) is 29.7 Å². The average molecular weight is 259 g/mol. The van der Waals surface area contributed by atoms with Crippen molar-refractivity contribution in [2.45, 2.75) is 26.3 Å². The van der Waals surface area contributed by atoms with Crippen molar-refractivity contribution >= 4 is 5.69 Å². The van der Waals surface area contributed by atoms with Crippen molar-refractivity contribution in [3.8, 4) is 11.6 Å². The van der Waals surface area contributed by atoms with Crippen LogP contribution in [0.1, 0.15) is 20.8 Å². The predicted octanol–water partition coefficient (Wildman–Crippen LogP) is 2.37. The highest BCUT2D eigenvalue weighted by Gasteiger charge is 2.17. The maximum atomic E-state index is 12.2. The number of nitrogens with two attached hydrogens (primary N) is 1. The molecule has 0 atom stereocenters. The molecule has 0 fully saturated rings. The topological polar surface area (TPSA) is 70.1 Å². The Hall–Kier alpha value is -2.30. The zero-order valence-electron chi connectivity index (χ0n) is 11.3. The number of hydrogen-bond donors (Lipinski definition) is 1. The van der Waals surface area contributed by atoms with Gasteiger partial charge in [-0.3, -0.25) is 4.79 Å². The molecule has 0 saturated carbocycles. The Morgan fingerprint density at radius 3 is 2.68 bits per heavy atom. The van der Waals surface area contributed by atoms with Crippen LogP contribution >= 0.6 is 0 Å². The fourth-order valence-corrected chi connectivity index (χ4v) is 1.68. The lowest BCUT2D eigenvalue weighted by Gasteiger charge is -2.22. The molecule has 2 rings (SSSR count). The van der Waals surface area contributed by atoms with E-state index in [4.69, 9.17) is 10.5 Å². The van der Waals surface area contributed by atoms with E-state index in [2.05, 4.69) is 4.98 Å². The standard InChI is InChI=1S/C14H17N3O2/c1-14(2,3)17-8-7-16-12(13(17)18)19-11-6-4-5-10(15)9-11/h4-9H,15H2,1-3H3. The number of hydrogen-bond acceptors (Lipinski definition) is 4. The van der Waals surface area contributed by atoms with Crippen LogP contribution in [-0.2, 0) is 5.54 Å². The molecule has 0 spiro atoms. The molecule has 5 nitrogen and oxygen atoms in total. The number of anilines is 1. The highest BCUT2D eigenvalue weighted by molar-refractivity contribution is 5.44. The van der Waals surface area contributed by atoms with Crippen LogP contribution in [0.25, 0.3) is 0 Å². The van der Waals surface area contributed by atoms with E-state index in [1.165, 1.54) is 0 Å². The maximum absolute atomic E-state index is 12.2. The predicted molar refractivity (Wildman–Crippen MR) is 74.4 cm³/mol. The quantitative estimate of drug-likeness (QED) is 0.840. The van der Waals surface area contributed by atoms with Crippen molar-refractivity contribution in [1.29, 1.82) is 0 Å². The second kappa shape index (κ2) is 4.76. The van der Waals surface area contributed by atoms with E-state index in [0.717, 1.165) is 0 Å². The van der Waals surface area contributed by atoms with Crippen molar-refractivity contribution in [1.82, 2.24) is 9.55 Å². The van der Waals surface area contributed by atoms with Gasteiger partial charge in [-0.05, 0) is 32.9 Å². The Kier molecular flexibility index (Phi) is 3.29. The normalized spacial score (nSPS) is 11.3. The highest BCUT2D eigenvalue weighted by atomic mass is 16.5. The first-order chi connectivity index (χ1) is 8.88. The van der Waals surface area contributed by atoms with Crippen LogP contribution in [0.4, 0.5) is 5.69 Å². The van der Waals surface area contributed by atoms with Gasteiger partial charge < -0.3 is 15.0 Å². The third-order valence-corrected chi connectivity index (χ3v) is 2.60. The summed E-state index contributed by atoms with van der Waals surface area (Å²) in [5, 5.41) is 0. The van der Waals surface area contributed by atoms with E-state index in [0.29, 0.717) is 11.4 Å². The first-order valence-corrected chi connectivity index (χ1v) is 5.99. The fraction of sp³-hybridized carbons (Fsp3) is 0.286. The Labute approximate surface area is 111 Å². The summed E-state index contributed by atoms with van der Waals surface area (Å²) >= 11 is 0. The molecule has 2 N–H and O–H groups in total. The largest absolute Gasteiger partial charge is 0.435 e. The molecule has 0 aliphatic heterocycles. The van der Waals surface area contributed by atoms with E-state index in [-0.39, 0.29) is 17.0 Å². The van der Waals surface area contributed by atoms with Crippen LogP contribution in [0.15, 0.2) is 41.5 Å². The fourth-order valence-electron chi connectivity index (χ4n) is 1.68. The Morgan fingerprint density at radius 2 is 2.05 bits per heavy atom. The number of ether oxygens (including phenoxy) is 1. The SMILES string of the molecule is CC(C)(C)n1ccnc(Oc2cccc(N)c2)c1=O. The summed E-state index contributed by atoms with van der Waals surface area (Å²) in [4.78, 5) is 16.2. The number of rotatable bonds is 2. The molecule has 1 aromatic carbocycles. The van der Waals surface area contributed by atoms with Crippen molar-refractivity contribution in [3.63, 3.8) is 0 Å². The van der Waals surface area contributed by atoms with Crippen molar-refractivity contribution in [2.75, 3.05) is 5.73 Å². The van der Waals surface area contributed by atoms with Gasteiger partial charge >= 0.3 is 5.56 Å². The summed E-state index contributed by atoms with van der Waals surface area (Å²) in [5.41, 5.74) is 5.65. The molecular weight excluding hydrogens is 242 g/mol. The minimum Gasteiger partial charge on any atom is -0.435 e. The summed E-state index contributed by atoms with van der Waals surface area (Å²) in [7, 11) is 0. The van der Waals surface area contributed by atoms with Crippen LogP contribution in [0.2, 0.25) is 0 Å². The van der Waals surface area contributed by atoms with Crippen molar-refractivity contribution in [2.24, 2.45) is 0 Å². The summed E-state index contributed by atoms with van der Waals surface area (Å²) in [6, 6.07) is 6.88. The maximum Gasteiger partial charge on any atom is 0.314 e. The van der Waals surface area contributed by atoms with E-state index in [1.54, 1.807) is 41.2 Å². The molecule has 0 radical (unpaired) electrons. The van der Waals surface area contributed by atoms with Crippen LogP contribution < -0.4 is 16.0 Å². The van der Waals surface area contributed by atoms with Gasteiger partial charge in [0.1, 0.15) is 5.75 Å². The zero-order valence-corrected chi connectivity index (χ0v) is 11.3. The van der Waals surface area contributed by atoms with E-state index in [1.807, 2.05) is 20.8 Å². The Bertz CT molecular complexity index is 642. The first kappa shape index (κ1) is 13.1. The molecule has 0 saturated heterocycles. The smallest absolute Gasteiger partial charge is 0.314 e. The summed E-state index contributed by atoms with van der Waals surface area (Å²) < 4.78 is 7.09. The highest BCUT2D eigenvalue weighted by Crippen LogP contribution is 2.19. The molecule has 1 aromatic heterocycles. The van der Waals surface area contributed by atoms with Gasteiger partial charge in [0.15, 0.2) is 0 Å². The second-order valence-corrected chi connectivity index (χ2v) is 5.25. The first-order valence-electron chi connectivity index (χ1n) is 5.99. The summed E-state index contributed by atoms with van der Waals surface area (Å²) in [5.74, 6) is 0.541. The number of nitrogens with zero attached hydrogens (tertiary/aromatic N) is 2. The minimum absolute atomic E-state index is 0.0445. The molecule has 0 bridgehead atoms.